The molecule has 1 heterocycles. The summed E-state index contributed by atoms with van der Waals surface area (Å²) in [5.41, 5.74) is 4.68. The van der Waals surface area contributed by atoms with Crippen LogP contribution >= 0.6 is 0 Å². The van der Waals surface area contributed by atoms with Crippen molar-refractivity contribution in [1.82, 2.24) is 15.1 Å². The predicted octanol–water partition coefficient (Wildman–Crippen LogP) is 3.26. The van der Waals surface area contributed by atoms with Crippen LogP contribution in [0.1, 0.15) is 5.56 Å². The van der Waals surface area contributed by atoms with Crippen molar-refractivity contribution in [1.29, 1.82) is 0 Å². The largest absolute Gasteiger partial charge is 0.316 e. The molecular weight excluding hydrogens is 246 g/mol. The first-order valence-corrected chi connectivity index (χ1v) is 6.71. The number of hydrogen-bond acceptors (Lipinski definition) is 2. The molecule has 100 valence electrons. The first-order valence-electron chi connectivity index (χ1n) is 6.71. The second kappa shape index (κ2) is 5.72. The topological polar surface area (TPSA) is 29.9 Å². The minimum Gasteiger partial charge on any atom is -0.316 e. The molecule has 3 heteroatoms. The molecule has 0 aliphatic heterocycles. The summed E-state index contributed by atoms with van der Waals surface area (Å²) < 4.78 is 1.90. The molecule has 0 unspecified atom stereocenters. The molecule has 3 nitrogen and oxygen atoms in total. The lowest BCUT2D eigenvalue weighted by atomic mass is 10.1. The molecule has 2 aromatic carbocycles. The molecule has 0 radical (unpaired) electrons. The van der Waals surface area contributed by atoms with Crippen molar-refractivity contribution >= 4 is 0 Å². The number of hydrogen-bond donors (Lipinski definition) is 1. The Hall–Kier alpha value is -2.39. The van der Waals surface area contributed by atoms with E-state index in [1.807, 2.05) is 48.3 Å². The Morgan fingerprint density at radius 3 is 2.40 bits per heavy atom. The minimum absolute atomic E-state index is 0.892. The van der Waals surface area contributed by atoms with Crippen LogP contribution in [0, 0.1) is 0 Å². The van der Waals surface area contributed by atoms with E-state index in [-0.39, 0.29) is 0 Å². The smallest absolute Gasteiger partial charge is 0.0645 e. The second-order valence-corrected chi connectivity index (χ2v) is 4.74. The van der Waals surface area contributed by atoms with Gasteiger partial charge in [0.1, 0.15) is 0 Å². The van der Waals surface area contributed by atoms with Crippen LogP contribution in [0.15, 0.2) is 67.0 Å². The molecule has 0 spiro atoms. The lowest BCUT2D eigenvalue weighted by Gasteiger charge is -2.02. The van der Waals surface area contributed by atoms with Gasteiger partial charge in [0, 0.05) is 18.3 Å². The Morgan fingerprint density at radius 2 is 1.70 bits per heavy atom. The summed E-state index contributed by atoms with van der Waals surface area (Å²) >= 11 is 0. The van der Waals surface area contributed by atoms with Crippen molar-refractivity contribution in [2.75, 3.05) is 7.05 Å². The molecule has 0 atom stereocenters. The van der Waals surface area contributed by atoms with Crippen molar-refractivity contribution in [3.05, 3.63) is 72.6 Å². The lowest BCUT2D eigenvalue weighted by Crippen LogP contribution is -2.04. The van der Waals surface area contributed by atoms with Gasteiger partial charge in [-0.1, -0.05) is 42.5 Å². The first kappa shape index (κ1) is 12.6. The van der Waals surface area contributed by atoms with E-state index >= 15 is 0 Å². The summed E-state index contributed by atoms with van der Waals surface area (Å²) in [7, 11) is 1.96. The number of para-hydroxylation sites is 1. The number of aromatic nitrogens is 2. The Labute approximate surface area is 118 Å². The fourth-order valence-electron chi connectivity index (χ4n) is 2.21. The highest BCUT2D eigenvalue weighted by Gasteiger charge is 2.03. The van der Waals surface area contributed by atoms with Crippen molar-refractivity contribution in [3.8, 4) is 16.8 Å². The molecule has 0 fully saturated rings. The predicted molar refractivity (Wildman–Crippen MR) is 81.8 cm³/mol. The van der Waals surface area contributed by atoms with Crippen LogP contribution in [-0.2, 0) is 6.54 Å². The van der Waals surface area contributed by atoms with Gasteiger partial charge >= 0.3 is 0 Å². The van der Waals surface area contributed by atoms with E-state index in [1.54, 1.807) is 0 Å². The van der Waals surface area contributed by atoms with Crippen molar-refractivity contribution < 1.29 is 0 Å². The average Bonchev–Trinajstić information content (AvgIpc) is 2.99. The maximum Gasteiger partial charge on any atom is 0.0645 e. The van der Waals surface area contributed by atoms with E-state index in [0.717, 1.165) is 17.8 Å². The van der Waals surface area contributed by atoms with Crippen LogP contribution in [0.2, 0.25) is 0 Å². The monoisotopic (exact) mass is 263 g/mol. The van der Waals surface area contributed by atoms with E-state index in [9.17, 15) is 0 Å². The van der Waals surface area contributed by atoms with Crippen LogP contribution in [-0.4, -0.2) is 16.8 Å². The van der Waals surface area contributed by atoms with Gasteiger partial charge in [0.05, 0.1) is 11.9 Å². The van der Waals surface area contributed by atoms with Crippen LogP contribution in [0.25, 0.3) is 16.8 Å². The quantitative estimate of drug-likeness (QED) is 0.783. The van der Waals surface area contributed by atoms with Crippen molar-refractivity contribution in [2.45, 2.75) is 6.54 Å². The summed E-state index contributed by atoms with van der Waals surface area (Å²) in [5, 5.41) is 7.58. The van der Waals surface area contributed by atoms with E-state index < -0.39 is 0 Å². The van der Waals surface area contributed by atoms with Gasteiger partial charge in [-0.05, 0) is 30.3 Å². The van der Waals surface area contributed by atoms with Crippen LogP contribution in [0.5, 0.6) is 0 Å². The molecule has 0 saturated heterocycles. The van der Waals surface area contributed by atoms with E-state index in [1.165, 1.54) is 11.1 Å². The molecule has 0 saturated carbocycles. The van der Waals surface area contributed by atoms with Crippen LogP contribution in [0.4, 0.5) is 0 Å². The van der Waals surface area contributed by atoms with Crippen LogP contribution < -0.4 is 5.32 Å². The number of nitrogens with zero attached hydrogens (tertiary/aromatic N) is 2. The van der Waals surface area contributed by atoms with Gasteiger partial charge < -0.3 is 5.32 Å². The van der Waals surface area contributed by atoms with Crippen molar-refractivity contribution in [2.24, 2.45) is 0 Å². The summed E-state index contributed by atoms with van der Waals surface area (Å²) in [6.07, 6.45) is 3.96. The molecule has 0 amide bonds. The highest BCUT2D eigenvalue weighted by molar-refractivity contribution is 5.62. The summed E-state index contributed by atoms with van der Waals surface area (Å²) in [6.45, 7) is 0.892. The zero-order chi connectivity index (χ0) is 13.8. The maximum absolute atomic E-state index is 4.43. The van der Waals surface area contributed by atoms with Gasteiger partial charge in [0.15, 0.2) is 0 Å². The summed E-state index contributed by atoms with van der Waals surface area (Å²) in [6, 6.07) is 18.7. The molecule has 1 aromatic heterocycles. The highest BCUT2D eigenvalue weighted by atomic mass is 15.3. The van der Waals surface area contributed by atoms with Gasteiger partial charge in [-0.25, -0.2) is 4.68 Å². The zero-order valence-electron chi connectivity index (χ0n) is 11.5. The Balaban J connectivity index is 1.86. The number of nitrogens with one attached hydrogen (secondary N) is 1. The maximum atomic E-state index is 4.43. The third-order valence-electron chi connectivity index (χ3n) is 3.27. The minimum atomic E-state index is 0.892. The van der Waals surface area contributed by atoms with Gasteiger partial charge in [-0.3, -0.25) is 0 Å². The van der Waals surface area contributed by atoms with Crippen molar-refractivity contribution in [3.63, 3.8) is 0 Å². The second-order valence-electron chi connectivity index (χ2n) is 4.74. The molecule has 3 aromatic rings. The summed E-state index contributed by atoms with van der Waals surface area (Å²) in [5.74, 6) is 0. The highest BCUT2D eigenvalue weighted by Crippen LogP contribution is 2.20. The lowest BCUT2D eigenvalue weighted by molar-refractivity contribution is 0.818. The average molecular weight is 263 g/mol. The number of rotatable bonds is 4. The SMILES string of the molecule is CNCc1ccc(-c2cnn(-c3ccccc3)c2)cc1. The Bertz CT molecular complexity index is 669. The van der Waals surface area contributed by atoms with E-state index in [2.05, 4.69) is 40.9 Å². The van der Waals surface area contributed by atoms with Gasteiger partial charge in [0.2, 0.25) is 0 Å². The zero-order valence-corrected chi connectivity index (χ0v) is 11.5. The van der Waals surface area contributed by atoms with E-state index in [0.29, 0.717) is 0 Å². The summed E-state index contributed by atoms with van der Waals surface area (Å²) in [4.78, 5) is 0. The van der Waals surface area contributed by atoms with Gasteiger partial charge in [-0.2, -0.15) is 5.10 Å². The van der Waals surface area contributed by atoms with Crippen LogP contribution in [0.3, 0.4) is 0 Å². The number of benzene rings is 2. The molecule has 0 aliphatic carbocycles. The van der Waals surface area contributed by atoms with E-state index in [4.69, 9.17) is 0 Å². The fraction of sp³-hybridized carbons (Fsp3) is 0.118. The molecule has 3 rings (SSSR count). The Kier molecular flexibility index (Phi) is 3.61. The molecule has 0 bridgehead atoms. The first-order chi connectivity index (χ1) is 9.86. The van der Waals surface area contributed by atoms with Gasteiger partial charge in [-0.15, -0.1) is 0 Å². The fourth-order valence-corrected chi connectivity index (χ4v) is 2.21. The van der Waals surface area contributed by atoms with Gasteiger partial charge in [0.25, 0.3) is 0 Å². The molecule has 1 N–H and O–H groups in total. The molecule has 0 aliphatic rings. The third-order valence-corrected chi connectivity index (χ3v) is 3.27. The normalized spacial score (nSPS) is 10.7. The standard InChI is InChI=1S/C17H17N3/c1-18-11-14-7-9-15(10-8-14)16-12-19-20(13-16)17-5-3-2-4-6-17/h2-10,12-13,18H,11H2,1H3. The third kappa shape index (κ3) is 2.63. The molecular formula is C17H17N3. The molecule has 20 heavy (non-hydrogen) atoms. The Morgan fingerprint density at radius 1 is 0.950 bits per heavy atom.